The number of carbonyl (C=O) groups excluding carboxylic acids is 1. The van der Waals surface area contributed by atoms with Crippen LogP contribution in [0.25, 0.3) is 0 Å². The lowest BCUT2D eigenvalue weighted by atomic mass is 9.68. The van der Waals surface area contributed by atoms with Gasteiger partial charge in [0.15, 0.2) is 5.78 Å². The van der Waals surface area contributed by atoms with E-state index in [1.807, 2.05) is 0 Å². The molecule has 2 fully saturated rings. The highest BCUT2D eigenvalue weighted by Crippen LogP contribution is 2.43. The van der Waals surface area contributed by atoms with Gasteiger partial charge in [-0.15, -0.1) is 0 Å². The van der Waals surface area contributed by atoms with Gasteiger partial charge in [0, 0.05) is 26.7 Å². The first-order chi connectivity index (χ1) is 8.97. The van der Waals surface area contributed by atoms with E-state index in [0.717, 1.165) is 51.7 Å². The van der Waals surface area contributed by atoms with Gasteiger partial charge in [-0.3, -0.25) is 4.79 Å². The van der Waals surface area contributed by atoms with Crippen molar-refractivity contribution in [2.24, 2.45) is 11.3 Å². The van der Waals surface area contributed by atoms with Gasteiger partial charge < -0.3 is 9.47 Å². The van der Waals surface area contributed by atoms with Crippen LogP contribution in [-0.2, 0) is 14.3 Å². The highest BCUT2D eigenvalue weighted by molar-refractivity contribution is 5.87. The number of hydrogen-bond donors (Lipinski definition) is 0. The second-order valence-corrected chi connectivity index (χ2v) is 7.05. The van der Waals surface area contributed by atoms with Crippen LogP contribution in [0, 0.1) is 11.3 Å². The van der Waals surface area contributed by atoms with E-state index in [-0.39, 0.29) is 0 Å². The first-order valence-electron chi connectivity index (χ1n) is 7.64. The number of rotatable bonds is 4. The largest absolute Gasteiger partial charge is 0.381 e. The van der Waals surface area contributed by atoms with Crippen molar-refractivity contribution < 1.29 is 14.3 Å². The van der Waals surface area contributed by atoms with Crippen molar-refractivity contribution in [3.05, 3.63) is 0 Å². The van der Waals surface area contributed by atoms with Gasteiger partial charge in [0.1, 0.15) is 5.60 Å². The lowest BCUT2D eigenvalue weighted by molar-refractivity contribution is -0.149. The summed E-state index contributed by atoms with van der Waals surface area (Å²) in [6.45, 7) is 6.20. The monoisotopic (exact) mass is 268 g/mol. The summed E-state index contributed by atoms with van der Waals surface area (Å²) in [6.07, 6.45) is 6.67. The molecule has 0 spiro atoms. The van der Waals surface area contributed by atoms with Crippen LogP contribution in [0.1, 0.15) is 58.8 Å². The third-order valence-corrected chi connectivity index (χ3v) is 5.13. The minimum absolute atomic E-state index is 0.331. The molecule has 1 saturated heterocycles. The zero-order valence-corrected chi connectivity index (χ0v) is 12.7. The molecule has 0 aromatic carbocycles. The summed E-state index contributed by atoms with van der Waals surface area (Å²) in [7, 11) is 1.71. The predicted molar refractivity (Wildman–Crippen MR) is 75.2 cm³/mol. The minimum Gasteiger partial charge on any atom is -0.381 e. The van der Waals surface area contributed by atoms with Crippen molar-refractivity contribution in [1.29, 1.82) is 0 Å². The van der Waals surface area contributed by atoms with Gasteiger partial charge in [0.25, 0.3) is 0 Å². The molecule has 1 aliphatic carbocycles. The van der Waals surface area contributed by atoms with Gasteiger partial charge in [-0.1, -0.05) is 13.8 Å². The molecule has 0 aromatic heterocycles. The van der Waals surface area contributed by atoms with E-state index in [1.54, 1.807) is 7.11 Å². The predicted octanol–water partition coefficient (Wildman–Crippen LogP) is 3.36. The minimum atomic E-state index is -0.492. The van der Waals surface area contributed by atoms with Crippen molar-refractivity contribution in [2.45, 2.75) is 64.4 Å². The van der Waals surface area contributed by atoms with E-state index in [2.05, 4.69) is 13.8 Å². The molecule has 0 aromatic rings. The molecule has 1 aliphatic heterocycles. The quantitative estimate of drug-likeness (QED) is 0.784. The number of methoxy groups -OCH3 is 1. The molecular weight excluding hydrogens is 240 g/mol. The van der Waals surface area contributed by atoms with Gasteiger partial charge in [-0.2, -0.15) is 0 Å². The Balaban J connectivity index is 1.94. The van der Waals surface area contributed by atoms with Crippen molar-refractivity contribution in [2.75, 3.05) is 20.3 Å². The van der Waals surface area contributed by atoms with E-state index in [0.29, 0.717) is 23.5 Å². The maximum atomic E-state index is 12.7. The second kappa shape index (κ2) is 5.92. The molecule has 3 nitrogen and oxygen atoms in total. The molecule has 2 aliphatic rings. The fourth-order valence-electron chi connectivity index (χ4n) is 3.33. The summed E-state index contributed by atoms with van der Waals surface area (Å²) in [5, 5.41) is 0. The normalized spacial score (nSPS) is 27.1. The smallest absolute Gasteiger partial charge is 0.164 e. The number of ether oxygens (including phenoxy) is 2. The average Bonchev–Trinajstić information content (AvgIpc) is 2.40. The average molecular weight is 268 g/mol. The molecule has 1 heterocycles. The molecule has 0 N–H and O–H groups in total. The second-order valence-electron chi connectivity index (χ2n) is 7.05. The molecule has 0 amide bonds. The van der Waals surface area contributed by atoms with E-state index < -0.39 is 5.60 Å². The standard InChI is InChI=1S/C16H28O3/c1-15(2)6-8-16(18-3,9-7-15)14(17)12-13-4-10-19-11-5-13/h13H,4-12H2,1-3H3. The zero-order valence-electron chi connectivity index (χ0n) is 12.7. The Morgan fingerprint density at radius 2 is 1.74 bits per heavy atom. The molecule has 0 unspecified atom stereocenters. The van der Waals surface area contributed by atoms with Crippen LogP contribution in [0.15, 0.2) is 0 Å². The van der Waals surface area contributed by atoms with Crippen LogP contribution < -0.4 is 0 Å². The molecule has 110 valence electrons. The maximum Gasteiger partial charge on any atom is 0.164 e. The maximum absolute atomic E-state index is 12.7. The first kappa shape index (κ1) is 15.0. The summed E-state index contributed by atoms with van der Waals surface area (Å²) in [6, 6.07) is 0. The number of ketones is 1. The Morgan fingerprint density at radius 1 is 1.16 bits per heavy atom. The summed E-state index contributed by atoms with van der Waals surface area (Å²) in [5.74, 6) is 0.834. The highest BCUT2D eigenvalue weighted by Gasteiger charge is 2.44. The van der Waals surface area contributed by atoms with Gasteiger partial charge >= 0.3 is 0 Å². The number of hydrogen-bond acceptors (Lipinski definition) is 3. The van der Waals surface area contributed by atoms with Gasteiger partial charge in [0.05, 0.1) is 0 Å². The molecule has 19 heavy (non-hydrogen) atoms. The Bertz CT molecular complexity index is 306. The van der Waals surface area contributed by atoms with Gasteiger partial charge in [-0.25, -0.2) is 0 Å². The van der Waals surface area contributed by atoms with Crippen molar-refractivity contribution in [3.8, 4) is 0 Å². The van der Waals surface area contributed by atoms with Crippen molar-refractivity contribution in [3.63, 3.8) is 0 Å². The SMILES string of the molecule is COC1(C(=O)CC2CCOCC2)CCC(C)(C)CC1. The molecular formula is C16H28O3. The summed E-state index contributed by atoms with van der Waals surface area (Å²) in [4.78, 5) is 12.7. The third kappa shape index (κ3) is 3.57. The van der Waals surface area contributed by atoms with Crippen LogP contribution in [0.4, 0.5) is 0 Å². The number of carbonyl (C=O) groups is 1. The summed E-state index contributed by atoms with van der Waals surface area (Å²) >= 11 is 0. The molecule has 2 rings (SSSR count). The van der Waals surface area contributed by atoms with E-state index in [1.165, 1.54) is 0 Å². The van der Waals surface area contributed by atoms with Gasteiger partial charge in [0.2, 0.25) is 0 Å². The Morgan fingerprint density at radius 3 is 2.26 bits per heavy atom. The molecule has 0 atom stereocenters. The summed E-state index contributed by atoms with van der Waals surface area (Å²) in [5.41, 5.74) is -0.130. The van der Waals surface area contributed by atoms with Crippen molar-refractivity contribution >= 4 is 5.78 Å². The van der Waals surface area contributed by atoms with Crippen LogP contribution in [0.3, 0.4) is 0 Å². The van der Waals surface area contributed by atoms with Crippen LogP contribution in [-0.4, -0.2) is 31.7 Å². The van der Waals surface area contributed by atoms with E-state index in [9.17, 15) is 4.79 Å². The van der Waals surface area contributed by atoms with Crippen LogP contribution in [0.2, 0.25) is 0 Å². The number of Topliss-reactive ketones (excluding diaryl/α,β-unsaturated/α-hetero) is 1. The lowest BCUT2D eigenvalue weighted by Gasteiger charge is -2.42. The van der Waals surface area contributed by atoms with E-state index in [4.69, 9.17) is 9.47 Å². The fourth-order valence-corrected chi connectivity index (χ4v) is 3.33. The lowest BCUT2D eigenvalue weighted by Crippen LogP contribution is -2.46. The molecule has 3 heteroatoms. The highest BCUT2D eigenvalue weighted by atomic mass is 16.5. The topological polar surface area (TPSA) is 35.5 Å². The fraction of sp³-hybridized carbons (Fsp3) is 0.938. The van der Waals surface area contributed by atoms with E-state index >= 15 is 0 Å². The van der Waals surface area contributed by atoms with Gasteiger partial charge in [-0.05, 0) is 49.9 Å². The third-order valence-electron chi connectivity index (χ3n) is 5.13. The first-order valence-corrected chi connectivity index (χ1v) is 7.64. The molecule has 1 saturated carbocycles. The zero-order chi connectivity index (χ0) is 13.9. The Labute approximate surface area is 117 Å². The van der Waals surface area contributed by atoms with Crippen LogP contribution >= 0.6 is 0 Å². The Hall–Kier alpha value is -0.410. The molecule has 0 radical (unpaired) electrons. The summed E-state index contributed by atoms with van der Waals surface area (Å²) < 4.78 is 11.1. The molecule has 0 bridgehead atoms. The van der Waals surface area contributed by atoms with Crippen molar-refractivity contribution in [1.82, 2.24) is 0 Å². The van der Waals surface area contributed by atoms with Crippen LogP contribution in [0.5, 0.6) is 0 Å². The Kier molecular flexibility index (Phi) is 4.67.